The number of nitrogens with two attached hydrogens (primary N) is 1. The van der Waals surface area contributed by atoms with Crippen LogP contribution in [0.25, 0.3) is 0 Å². The van der Waals surface area contributed by atoms with Crippen molar-refractivity contribution in [3.63, 3.8) is 0 Å². The molecule has 0 saturated heterocycles. The number of hydrogen-bond acceptors (Lipinski definition) is 4. The van der Waals surface area contributed by atoms with Gasteiger partial charge in [0.1, 0.15) is 0 Å². The molecule has 4 nitrogen and oxygen atoms in total. The minimum atomic E-state index is -0.711. The summed E-state index contributed by atoms with van der Waals surface area (Å²) in [5.74, 6) is 0.162. The second kappa shape index (κ2) is 4.50. The molecule has 0 aliphatic carbocycles. The Morgan fingerprint density at radius 1 is 1.57 bits per heavy atom. The third-order valence-electron chi connectivity index (χ3n) is 1.91. The van der Waals surface area contributed by atoms with E-state index < -0.39 is 6.04 Å². The van der Waals surface area contributed by atoms with E-state index in [4.69, 9.17) is 27.2 Å². The van der Waals surface area contributed by atoms with E-state index in [2.05, 4.69) is 0 Å². The van der Waals surface area contributed by atoms with E-state index in [1.807, 2.05) is 0 Å². The van der Waals surface area contributed by atoms with Gasteiger partial charge in [0.25, 0.3) is 0 Å². The number of methoxy groups -OCH3 is 1. The van der Waals surface area contributed by atoms with Crippen LogP contribution in [0.5, 0.6) is 11.5 Å². The van der Waals surface area contributed by atoms with Crippen molar-refractivity contribution >= 4 is 11.6 Å². The van der Waals surface area contributed by atoms with Gasteiger partial charge in [-0.15, -0.1) is 0 Å². The lowest BCUT2D eigenvalue weighted by Gasteiger charge is -2.14. The highest BCUT2D eigenvalue weighted by Crippen LogP contribution is 2.37. The number of phenols is 1. The molecule has 0 saturated carbocycles. The van der Waals surface area contributed by atoms with Crippen molar-refractivity contribution in [2.24, 2.45) is 5.73 Å². The number of rotatable bonds is 3. The van der Waals surface area contributed by atoms with Gasteiger partial charge in [0, 0.05) is 10.6 Å². The van der Waals surface area contributed by atoms with Crippen LogP contribution < -0.4 is 10.5 Å². The van der Waals surface area contributed by atoms with Crippen LogP contribution in [0, 0.1) is 0 Å². The Hall–Kier alpha value is -0.970. The first kappa shape index (κ1) is 11.1. The molecule has 0 amide bonds. The van der Waals surface area contributed by atoms with E-state index in [-0.39, 0.29) is 18.1 Å². The van der Waals surface area contributed by atoms with Crippen molar-refractivity contribution in [3.05, 3.63) is 22.7 Å². The lowest BCUT2D eigenvalue weighted by atomic mass is 10.1. The van der Waals surface area contributed by atoms with E-state index in [0.717, 1.165) is 0 Å². The monoisotopic (exact) mass is 217 g/mol. The smallest absolute Gasteiger partial charge is 0.164 e. The molecule has 0 aliphatic heterocycles. The summed E-state index contributed by atoms with van der Waals surface area (Å²) < 4.78 is 4.89. The first-order valence-electron chi connectivity index (χ1n) is 4.03. The van der Waals surface area contributed by atoms with Gasteiger partial charge in [0.15, 0.2) is 11.5 Å². The molecule has 0 spiro atoms. The van der Waals surface area contributed by atoms with E-state index in [1.54, 1.807) is 6.07 Å². The molecule has 78 valence electrons. The zero-order valence-electron chi connectivity index (χ0n) is 7.70. The van der Waals surface area contributed by atoms with Gasteiger partial charge in [-0.3, -0.25) is 0 Å². The summed E-state index contributed by atoms with van der Waals surface area (Å²) in [6, 6.07) is 2.38. The zero-order valence-corrected chi connectivity index (χ0v) is 8.45. The highest BCUT2D eigenvalue weighted by atomic mass is 35.5. The van der Waals surface area contributed by atoms with Crippen LogP contribution in [-0.4, -0.2) is 23.9 Å². The molecule has 1 atom stereocenters. The van der Waals surface area contributed by atoms with Gasteiger partial charge in [-0.2, -0.15) is 0 Å². The minimum absolute atomic E-state index is 0.124. The molecular formula is C9H12ClNO3. The highest BCUT2D eigenvalue weighted by Gasteiger charge is 2.17. The van der Waals surface area contributed by atoms with Gasteiger partial charge in [0.05, 0.1) is 19.8 Å². The van der Waals surface area contributed by atoms with Crippen molar-refractivity contribution < 1.29 is 14.9 Å². The van der Waals surface area contributed by atoms with Crippen LogP contribution in [0.3, 0.4) is 0 Å². The predicted octanol–water partition coefficient (Wildman–Crippen LogP) is 1.05. The summed E-state index contributed by atoms with van der Waals surface area (Å²) in [6.45, 7) is -0.291. The average molecular weight is 218 g/mol. The summed E-state index contributed by atoms with van der Waals surface area (Å²) in [6.07, 6.45) is 0. The van der Waals surface area contributed by atoms with Gasteiger partial charge in [0.2, 0.25) is 0 Å². The Morgan fingerprint density at radius 2 is 2.21 bits per heavy atom. The van der Waals surface area contributed by atoms with Crippen LogP contribution >= 0.6 is 11.6 Å². The predicted molar refractivity (Wildman–Crippen MR) is 53.7 cm³/mol. The molecule has 1 aromatic rings. The molecule has 0 bridgehead atoms. The van der Waals surface area contributed by atoms with Crippen molar-refractivity contribution in [1.29, 1.82) is 0 Å². The molecule has 0 aromatic heterocycles. The number of benzene rings is 1. The molecular weight excluding hydrogens is 206 g/mol. The van der Waals surface area contributed by atoms with Gasteiger partial charge in [-0.1, -0.05) is 11.6 Å². The second-order valence-corrected chi connectivity index (χ2v) is 3.21. The van der Waals surface area contributed by atoms with Crippen molar-refractivity contribution in [3.8, 4) is 11.5 Å². The maximum Gasteiger partial charge on any atom is 0.164 e. The van der Waals surface area contributed by atoms with Crippen molar-refractivity contribution in [2.75, 3.05) is 13.7 Å². The number of ether oxygens (including phenoxy) is 1. The lowest BCUT2D eigenvalue weighted by Crippen LogP contribution is -2.15. The van der Waals surface area contributed by atoms with Crippen LogP contribution in [0.15, 0.2) is 12.1 Å². The minimum Gasteiger partial charge on any atom is -0.504 e. The zero-order chi connectivity index (χ0) is 10.7. The Labute approximate surface area is 86.9 Å². The number of aliphatic hydroxyl groups is 1. The highest BCUT2D eigenvalue weighted by molar-refractivity contribution is 6.31. The van der Waals surface area contributed by atoms with E-state index >= 15 is 0 Å². The molecule has 5 heteroatoms. The molecule has 4 N–H and O–H groups in total. The molecule has 0 radical (unpaired) electrons. The van der Waals surface area contributed by atoms with Gasteiger partial charge < -0.3 is 20.7 Å². The summed E-state index contributed by atoms with van der Waals surface area (Å²) >= 11 is 5.83. The normalized spacial score (nSPS) is 12.6. The van der Waals surface area contributed by atoms with Gasteiger partial charge >= 0.3 is 0 Å². The third kappa shape index (κ3) is 1.92. The SMILES string of the molecule is COc1ccc(Cl)c(C(N)CO)c1O. The number of phenolic OH excluding ortho intramolecular Hbond substituents is 1. The molecule has 0 aliphatic rings. The van der Waals surface area contributed by atoms with Crippen molar-refractivity contribution in [2.45, 2.75) is 6.04 Å². The average Bonchev–Trinajstić information content (AvgIpc) is 2.18. The molecule has 14 heavy (non-hydrogen) atoms. The Morgan fingerprint density at radius 3 is 2.71 bits per heavy atom. The van der Waals surface area contributed by atoms with Crippen LogP contribution in [0.1, 0.15) is 11.6 Å². The number of halogens is 1. The van der Waals surface area contributed by atoms with Crippen LogP contribution in [0.2, 0.25) is 5.02 Å². The largest absolute Gasteiger partial charge is 0.504 e. The first-order chi connectivity index (χ1) is 6.61. The standard InChI is InChI=1S/C9H12ClNO3/c1-14-7-3-2-5(10)8(9(7)13)6(11)4-12/h2-3,6,12-13H,4,11H2,1H3. The summed E-state index contributed by atoms with van der Waals surface area (Å²) in [7, 11) is 1.43. The molecule has 0 fully saturated rings. The van der Waals surface area contributed by atoms with Crippen LogP contribution in [-0.2, 0) is 0 Å². The first-order valence-corrected chi connectivity index (χ1v) is 4.41. The summed E-state index contributed by atoms with van der Waals surface area (Å²) in [4.78, 5) is 0. The maximum atomic E-state index is 9.67. The number of aromatic hydroxyl groups is 1. The fraction of sp³-hybridized carbons (Fsp3) is 0.333. The summed E-state index contributed by atoms with van der Waals surface area (Å²) in [5.41, 5.74) is 5.87. The molecule has 1 rings (SSSR count). The van der Waals surface area contributed by atoms with E-state index in [0.29, 0.717) is 10.6 Å². The topological polar surface area (TPSA) is 75.7 Å². The third-order valence-corrected chi connectivity index (χ3v) is 2.24. The Kier molecular flexibility index (Phi) is 3.57. The van der Waals surface area contributed by atoms with E-state index in [9.17, 15) is 5.11 Å². The Bertz CT molecular complexity index is 330. The van der Waals surface area contributed by atoms with Crippen molar-refractivity contribution in [1.82, 2.24) is 0 Å². The maximum absolute atomic E-state index is 9.67. The fourth-order valence-electron chi connectivity index (χ4n) is 1.17. The quantitative estimate of drug-likeness (QED) is 0.707. The Balaban J connectivity index is 3.25. The molecule has 1 unspecified atom stereocenters. The van der Waals surface area contributed by atoms with E-state index in [1.165, 1.54) is 13.2 Å². The van der Waals surface area contributed by atoms with Gasteiger partial charge in [-0.25, -0.2) is 0 Å². The lowest BCUT2D eigenvalue weighted by molar-refractivity contribution is 0.264. The number of aliphatic hydroxyl groups excluding tert-OH is 1. The number of hydrogen-bond donors (Lipinski definition) is 3. The fourth-order valence-corrected chi connectivity index (χ4v) is 1.46. The molecule has 1 aromatic carbocycles. The summed E-state index contributed by atoms with van der Waals surface area (Å²) in [5, 5.41) is 18.8. The second-order valence-electron chi connectivity index (χ2n) is 2.80. The van der Waals surface area contributed by atoms with Gasteiger partial charge in [-0.05, 0) is 12.1 Å². The van der Waals surface area contributed by atoms with Crippen LogP contribution in [0.4, 0.5) is 0 Å². The molecule has 0 heterocycles.